The lowest BCUT2D eigenvalue weighted by molar-refractivity contribution is 0.335. The molecule has 3 heterocycles. The van der Waals surface area contributed by atoms with Crippen LogP contribution in [-0.2, 0) is 6.54 Å². The topological polar surface area (TPSA) is 98.0 Å². The molecule has 182 valence electrons. The van der Waals surface area contributed by atoms with E-state index in [0.717, 1.165) is 12.1 Å². The van der Waals surface area contributed by atoms with Crippen molar-refractivity contribution in [2.24, 2.45) is 0 Å². The van der Waals surface area contributed by atoms with Gasteiger partial charge in [0.25, 0.3) is 0 Å². The van der Waals surface area contributed by atoms with Gasteiger partial charge in [-0.05, 0) is 19.1 Å². The van der Waals surface area contributed by atoms with Crippen molar-refractivity contribution in [2.75, 3.05) is 11.9 Å². The van der Waals surface area contributed by atoms with Crippen LogP contribution < -0.4 is 10.1 Å². The molecule has 0 aliphatic heterocycles. The highest BCUT2D eigenvalue weighted by Crippen LogP contribution is 2.32. The van der Waals surface area contributed by atoms with Crippen LogP contribution in [0.5, 0.6) is 11.5 Å². The summed E-state index contributed by atoms with van der Waals surface area (Å²) in [5.74, 6) is -1.25. The summed E-state index contributed by atoms with van der Waals surface area (Å²) in [5.41, 5.74) is 1.34. The number of ether oxygens (including phenoxy) is 1. The molecule has 0 fully saturated rings. The zero-order valence-corrected chi connectivity index (χ0v) is 19.7. The molecule has 0 unspecified atom stereocenters. The molecule has 0 saturated carbocycles. The van der Waals surface area contributed by atoms with Gasteiger partial charge in [0.2, 0.25) is 0 Å². The van der Waals surface area contributed by atoms with Crippen LogP contribution in [0.1, 0.15) is 12.5 Å². The van der Waals surface area contributed by atoms with E-state index in [4.69, 9.17) is 16.3 Å². The second-order valence-corrected chi connectivity index (χ2v) is 8.14. The predicted octanol–water partition coefficient (Wildman–Crippen LogP) is 5.72. The molecule has 8 nitrogen and oxygen atoms in total. The fourth-order valence-corrected chi connectivity index (χ4v) is 3.90. The van der Waals surface area contributed by atoms with Gasteiger partial charge in [0.15, 0.2) is 17.4 Å². The molecule has 0 bridgehead atoms. The average Bonchev–Trinajstić information content (AvgIpc) is 3.23. The van der Waals surface area contributed by atoms with Crippen LogP contribution in [0, 0.1) is 11.6 Å². The lowest BCUT2D eigenvalue weighted by Gasteiger charge is -2.10. The Hall–Kier alpha value is -4.31. The number of hydrogen-bond donors (Lipinski definition) is 2. The maximum Gasteiger partial charge on any atom is 0.183 e. The Bertz CT molecular complexity index is 1550. The van der Waals surface area contributed by atoms with Crippen LogP contribution in [0.25, 0.3) is 22.4 Å². The second-order valence-electron chi connectivity index (χ2n) is 7.73. The Morgan fingerprint density at radius 1 is 1.11 bits per heavy atom. The molecule has 36 heavy (non-hydrogen) atoms. The van der Waals surface area contributed by atoms with E-state index in [-0.39, 0.29) is 35.2 Å². The molecule has 5 rings (SSSR count). The fourth-order valence-electron chi connectivity index (χ4n) is 3.73. The SMILES string of the molecule is CCOc1cc(F)c(Cn2nc(-c3ncc(O)c(Nc4ccncc4Cl)n3)c3ccccc32)c(F)c1. The third kappa shape index (κ3) is 4.50. The van der Waals surface area contributed by atoms with E-state index in [9.17, 15) is 13.9 Å². The van der Waals surface area contributed by atoms with Crippen molar-refractivity contribution in [3.8, 4) is 23.0 Å². The largest absolute Gasteiger partial charge is 0.503 e. The number of anilines is 2. The summed E-state index contributed by atoms with van der Waals surface area (Å²) in [6.07, 6.45) is 4.23. The first kappa shape index (κ1) is 23.4. The molecule has 2 N–H and O–H groups in total. The second kappa shape index (κ2) is 9.74. The molecule has 0 aliphatic rings. The van der Waals surface area contributed by atoms with Crippen LogP contribution in [0.15, 0.2) is 61.1 Å². The number of benzene rings is 2. The Kier molecular flexibility index (Phi) is 6.34. The van der Waals surface area contributed by atoms with E-state index in [1.165, 1.54) is 17.1 Å². The van der Waals surface area contributed by atoms with Gasteiger partial charge in [-0.15, -0.1) is 0 Å². The Morgan fingerprint density at radius 3 is 2.64 bits per heavy atom. The summed E-state index contributed by atoms with van der Waals surface area (Å²) >= 11 is 6.16. The third-order valence-electron chi connectivity index (χ3n) is 5.40. The zero-order chi connectivity index (χ0) is 25.2. The van der Waals surface area contributed by atoms with Crippen LogP contribution in [0.3, 0.4) is 0 Å². The lowest BCUT2D eigenvalue weighted by atomic mass is 10.1. The predicted molar refractivity (Wildman–Crippen MR) is 132 cm³/mol. The first-order chi connectivity index (χ1) is 17.4. The lowest BCUT2D eigenvalue weighted by Crippen LogP contribution is -2.07. The van der Waals surface area contributed by atoms with Crippen molar-refractivity contribution in [1.29, 1.82) is 0 Å². The summed E-state index contributed by atoms with van der Waals surface area (Å²) in [5, 5.41) is 18.8. The molecular formula is C25H19ClF2N6O2. The molecule has 5 aromatic rings. The average molecular weight is 509 g/mol. The highest BCUT2D eigenvalue weighted by molar-refractivity contribution is 6.33. The number of nitrogens with one attached hydrogen (secondary N) is 1. The number of aromatic hydroxyl groups is 1. The van der Waals surface area contributed by atoms with Crippen molar-refractivity contribution in [3.63, 3.8) is 0 Å². The molecule has 0 amide bonds. The molecular weight excluding hydrogens is 490 g/mol. The van der Waals surface area contributed by atoms with Gasteiger partial charge in [0.05, 0.1) is 35.6 Å². The van der Waals surface area contributed by atoms with E-state index in [0.29, 0.717) is 33.9 Å². The van der Waals surface area contributed by atoms with E-state index < -0.39 is 11.6 Å². The molecule has 0 aliphatic carbocycles. The van der Waals surface area contributed by atoms with E-state index in [1.54, 1.807) is 31.3 Å². The summed E-state index contributed by atoms with van der Waals surface area (Å²) < 4.78 is 36.2. The molecule has 3 aromatic heterocycles. The smallest absolute Gasteiger partial charge is 0.183 e. The third-order valence-corrected chi connectivity index (χ3v) is 5.70. The van der Waals surface area contributed by atoms with Gasteiger partial charge in [0, 0.05) is 35.5 Å². The van der Waals surface area contributed by atoms with Crippen LogP contribution in [-0.4, -0.2) is 36.4 Å². The normalized spacial score (nSPS) is 11.1. The highest BCUT2D eigenvalue weighted by Gasteiger charge is 2.19. The van der Waals surface area contributed by atoms with Gasteiger partial charge < -0.3 is 15.2 Å². The molecule has 11 heteroatoms. The number of nitrogens with zero attached hydrogens (tertiary/aromatic N) is 5. The Labute approximate surface area is 209 Å². The number of halogens is 3. The van der Waals surface area contributed by atoms with Gasteiger partial charge in [0.1, 0.15) is 23.1 Å². The number of fused-ring (bicyclic) bond motifs is 1. The number of rotatable bonds is 7. The summed E-state index contributed by atoms with van der Waals surface area (Å²) in [6, 6.07) is 11.1. The first-order valence-electron chi connectivity index (χ1n) is 10.9. The van der Waals surface area contributed by atoms with Crippen molar-refractivity contribution in [3.05, 3.63) is 83.3 Å². The monoisotopic (exact) mass is 508 g/mol. The molecule has 0 radical (unpaired) electrons. The fraction of sp³-hybridized carbons (Fsp3) is 0.120. The minimum Gasteiger partial charge on any atom is -0.503 e. The van der Waals surface area contributed by atoms with Crippen molar-refractivity contribution in [1.82, 2.24) is 24.7 Å². The Balaban J connectivity index is 1.55. The number of pyridine rings is 1. The van der Waals surface area contributed by atoms with Crippen LogP contribution in [0.2, 0.25) is 5.02 Å². The van der Waals surface area contributed by atoms with E-state index in [2.05, 4.69) is 25.4 Å². The number of aromatic nitrogens is 5. The van der Waals surface area contributed by atoms with Gasteiger partial charge in [-0.3, -0.25) is 9.67 Å². The Morgan fingerprint density at radius 2 is 1.89 bits per heavy atom. The number of hydrogen-bond acceptors (Lipinski definition) is 7. The van der Waals surface area contributed by atoms with Crippen LogP contribution >= 0.6 is 11.6 Å². The van der Waals surface area contributed by atoms with Crippen LogP contribution in [0.4, 0.5) is 20.3 Å². The zero-order valence-electron chi connectivity index (χ0n) is 18.9. The van der Waals surface area contributed by atoms with Crippen molar-refractivity contribution >= 4 is 34.0 Å². The van der Waals surface area contributed by atoms with E-state index >= 15 is 0 Å². The summed E-state index contributed by atoms with van der Waals surface area (Å²) in [4.78, 5) is 12.6. The molecule has 0 atom stereocenters. The molecule has 2 aromatic carbocycles. The standard InChI is InChI=1S/C25H19ClF2N6O2/c1-2-36-14-9-18(27)16(19(28)10-14)13-34-21-6-4-3-5-15(21)23(33-34)25-30-12-22(35)24(32-25)31-20-7-8-29-11-17(20)26/h3-12,35H,2,13H2,1H3,(H,29,30,31,32). The first-order valence-corrected chi connectivity index (χ1v) is 11.3. The quantitative estimate of drug-likeness (QED) is 0.290. The maximum absolute atomic E-state index is 14.7. The molecule has 0 saturated heterocycles. The highest BCUT2D eigenvalue weighted by atomic mass is 35.5. The van der Waals surface area contributed by atoms with E-state index in [1.807, 2.05) is 12.1 Å². The van der Waals surface area contributed by atoms with Crippen molar-refractivity contribution < 1.29 is 18.6 Å². The minimum atomic E-state index is -0.735. The molecule has 0 spiro atoms. The maximum atomic E-state index is 14.7. The summed E-state index contributed by atoms with van der Waals surface area (Å²) in [6.45, 7) is 1.86. The van der Waals surface area contributed by atoms with Gasteiger partial charge in [-0.2, -0.15) is 5.10 Å². The van der Waals surface area contributed by atoms with Crippen molar-refractivity contribution in [2.45, 2.75) is 13.5 Å². The minimum absolute atomic E-state index is 0.107. The summed E-state index contributed by atoms with van der Waals surface area (Å²) in [7, 11) is 0. The van der Waals surface area contributed by atoms with Gasteiger partial charge in [-0.25, -0.2) is 18.7 Å². The number of para-hydroxylation sites is 1. The van der Waals surface area contributed by atoms with Gasteiger partial charge >= 0.3 is 0 Å². The van der Waals surface area contributed by atoms with Gasteiger partial charge in [-0.1, -0.05) is 29.8 Å².